The van der Waals surface area contributed by atoms with Crippen LogP contribution < -0.4 is 25.6 Å². The Morgan fingerprint density at radius 1 is 0.974 bits per heavy atom. The number of pyridine rings is 1. The Morgan fingerprint density at radius 2 is 1.68 bits per heavy atom. The Labute approximate surface area is 222 Å². The molecule has 1 aromatic heterocycles. The van der Waals surface area contributed by atoms with Crippen LogP contribution in [-0.4, -0.2) is 47.9 Å². The highest BCUT2D eigenvalue weighted by molar-refractivity contribution is 6.09. The summed E-state index contributed by atoms with van der Waals surface area (Å²) in [6.07, 6.45) is 1.89. The van der Waals surface area contributed by atoms with Gasteiger partial charge in [0, 0.05) is 12.6 Å². The van der Waals surface area contributed by atoms with Crippen LogP contribution in [0.1, 0.15) is 26.3 Å². The largest absolute Gasteiger partial charge is 0.455 e. The van der Waals surface area contributed by atoms with E-state index in [4.69, 9.17) is 4.74 Å². The van der Waals surface area contributed by atoms with Gasteiger partial charge >= 0.3 is 0 Å². The minimum absolute atomic E-state index is 0.216. The molecule has 3 atom stereocenters. The van der Waals surface area contributed by atoms with Gasteiger partial charge in [-0.2, -0.15) is 0 Å². The van der Waals surface area contributed by atoms with E-state index in [1.807, 2.05) is 56.3 Å². The van der Waals surface area contributed by atoms with Gasteiger partial charge in [0.05, 0.1) is 11.7 Å². The minimum atomic E-state index is -0.850. The molecule has 0 aliphatic carbocycles. The molecule has 0 fully saturated rings. The summed E-state index contributed by atoms with van der Waals surface area (Å²) in [5, 5.41) is 8.68. The number of nitrogens with one attached hydrogen (secondary N) is 3. The number of nitrogens with zero attached hydrogens (tertiary/aromatic N) is 2. The fourth-order valence-electron chi connectivity index (χ4n) is 4.28. The van der Waals surface area contributed by atoms with E-state index in [0.29, 0.717) is 29.4 Å². The lowest BCUT2D eigenvalue weighted by Crippen LogP contribution is -2.57. The molecule has 3 amide bonds. The van der Waals surface area contributed by atoms with Crippen LogP contribution in [0.5, 0.6) is 11.5 Å². The Balaban J connectivity index is 1.61. The van der Waals surface area contributed by atoms with Gasteiger partial charge in [0.25, 0.3) is 5.91 Å². The van der Waals surface area contributed by atoms with E-state index in [0.717, 1.165) is 5.56 Å². The number of rotatable bonds is 9. The van der Waals surface area contributed by atoms with Crippen LogP contribution in [0.2, 0.25) is 0 Å². The van der Waals surface area contributed by atoms with Gasteiger partial charge in [0.15, 0.2) is 5.75 Å². The second-order valence-electron chi connectivity index (χ2n) is 9.56. The van der Waals surface area contributed by atoms with Crippen LogP contribution in [0, 0.1) is 5.92 Å². The number of carbonyl (C=O) groups is 3. The van der Waals surface area contributed by atoms with E-state index < -0.39 is 18.1 Å². The molecule has 1 aliphatic rings. The third kappa shape index (κ3) is 5.84. The molecule has 9 nitrogen and oxygen atoms in total. The summed E-state index contributed by atoms with van der Waals surface area (Å²) in [7, 11) is 1.68. The van der Waals surface area contributed by atoms with E-state index in [-0.39, 0.29) is 23.6 Å². The first-order valence-corrected chi connectivity index (χ1v) is 12.7. The summed E-state index contributed by atoms with van der Waals surface area (Å²) in [6, 6.07) is 17.9. The number of carbonyl (C=O) groups excluding carboxylic acids is 3. The number of likely N-dealkylation sites (N-methyl/N-ethyl adjacent to an activating group) is 1. The molecule has 2 aromatic carbocycles. The van der Waals surface area contributed by atoms with Crippen molar-refractivity contribution in [3.8, 4) is 11.5 Å². The molecular weight excluding hydrogens is 482 g/mol. The molecule has 4 rings (SSSR count). The Morgan fingerprint density at radius 3 is 2.39 bits per heavy atom. The molecule has 0 spiro atoms. The normalized spacial score (nSPS) is 15.9. The molecule has 2 heterocycles. The summed E-state index contributed by atoms with van der Waals surface area (Å²) < 4.78 is 5.99. The average molecular weight is 516 g/mol. The number of hydrogen-bond donors (Lipinski definition) is 3. The number of ether oxygens (including phenoxy) is 1. The molecule has 3 unspecified atom stereocenters. The molecule has 38 heavy (non-hydrogen) atoms. The van der Waals surface area contributed by atoms with Gasteiger partial charge in [-0.25, -0.2) is 4.98 Å². The van der Waals surface area contributed by atoms with Crippen LogP contribution in [0.25, 0.3) is 0 Å². The van der Waals surface area contributed by atoms with E-state index in [2.05, 4.69) is 20.9 Å². The monoisotopic (exact) mass is 515 g/mol. The topological polar surface area (TPSA) is 113 Å². The highest BCUT2D eigenvalue weighted by Gasteiger charge is 2.43. The first-order valence-electron chi connectivity index (χ1n) is 12.7. The summed E-state index contributed by atoms with van der Waals surface area (Å²) in [5.41, 5.74) is 1.27. The lowest BCUT2D eigenvalue weighted by molar-refractivity contribution is -0.130. The van der Waals surface area contributed by atoms with Gasteiger partial charge in [-0.3, -0.25) is 19.3 Å². The highest BCUT2D eigenvalue weighted by Crippen LogP contribution is 2.34. The summed E-state index contributed by atoms with van der Waals surface area (Å²) in [4.78, 5) is 46.1. The number of hydrogen-bond acceptors (Lipinski definition) is 6. The molecule has 0 saturated carbocycles. The van der Waals surface area contributed by atoms with Gasteiger partial charge in [0.2, 0.25) is 11.8 Å². The number of aromatic nitrogens is 1. The Hall–Kier alpha value is -4.24. The molecule has 3 N–H and O–H groups in total. The van der Waals surface area contributed by atoms with Crippen molar-refractivity contribution in [2.24, 2.45) is 5.92 Å². The maximum atomic E-state index is 13.9. The summed E-state index contributed by atoms with van der Waals surface area (Å²) in [6.45, 7) is 5.43. The minimum Gasteiger partial charge on any atom is -0.455 e. The van der Waals surface area contributed by atoms with Gasteiger partial charge in [-0.15, -0.1) is 0 Å². The second-order valence-corrected chi connectivity index (χ2v) is 9.56. The molecular formula is C29H33N5O4. The number of para-hydroxylation sites is 3. The van der Waals surface area contributed by atoms with Gasteiger partial charge in [0.1, 0.15) is 23.7 Å². The van der Waals surface area contributed by atoms with Crippen LogP contribution in [0.4, 0.5) is 11.5 Å². The highest BCUT2D eigenvalue weighted by atomic mass is 16.5. The zero-order chi connectivity index (χ0) is 27.2. The average Bonchev–Trinajstić information content (AvgIpc) is 3.32. The fraction of sp³-hybridized carbons (Fsp3) is 0.310. The van der Waals surface area contributed by atoms with Crippen molar-refractivity contribution >= 4 is 29.2 Å². The van der Waals surface area contributed by atoms with Crippen molar-refractivity contribution in [2.75, 3.05) is 17.3 Å². The van der Waals surface area contributed by atoms with Crippen molar-refractivity contribution in [1.29, 1.82) is 0 Å². The Bertz CT molecular complexity index is 1300. The maximum absolute atomic E-state index is 13.9. The predicted molar refractivity (Wildman–Crippen MR) is 146 cm³/mol. The third-order valence-electron chi connectivity index (χ3n) is 6.53. The molecule has 3 aromatic rings. The summed E-state index contributed by atoms with van der Waals surface area (Å²) in [5.74, 6) is 0.260. The molecule has 0 bridgehead atoms. The van der Waals surface area contributed by atoms with Gasteiger partial charge < -0.3 is 20.7 Å². The fourth-order valence-corrected chi connectivity index (χ4v) is 4.28. The number of benzene rings is 2. The smallest absolute Gasteiger partial charge is 0.251 e. The van der Waals surface area contributed by atoms with E-state index in [1.165, 1.54) is 4.90 Å². The van der Waals surface area contributed by atoms with E-state index in [9.17, 15) is 14.4 Å². The maximum Gasteiger partial charge on any atom is 0.251 e. The second kappa shape index (κ2) is 11.9. The quantitative estimate of drug-likeness (QED) is 0.402. The molecule has 1 aliphatic heterocycles. The lowest BCUT2D eigenvalue weighted by atomic mass is 10.0. The van der Waals surface area contributed by atoms with Crippen molar-refractivity contribution in [3.63, 3.8) is 0 Å². The third-order valence-corrected chi connectivity index (χ3v) is 6.53. The Kier molecular flexibility index (Phi) is 8.38. The van der Waals surface area contributed by atoms with E-state index in [1.54, 1.807) is 44.4 Å². The van der Waals surface area contributed by atoms with Crippen LogP contribution >= 0.6 is 0 Å². The van der Waals surface area contributed by atoms with Crippen molar-refractivity contribution < 1.29 is 19.1 Å². The van der Waals surface area contributed by atoms with Crippen molar-refractivity contribution in [1.82, 2.24) is 15.6 Å². The van der Waals surface area contributed by atoms with Crippen molar-refractivity contribution in [2.45, 2.75) is 45.3 Å². The molecule has 0 radical (unpaired) electrons. The lowest BCUT2D eigenvalue weighted by Gasteiger charge is -2.31. The standard InChI is InChI=1S/C29H33N5O4/c1-18(2)25(33-27(35)19(3)30-4)29(37)34-23(17-20-11-10-16-31-26(20)34)28(36)32-22-14-8-9-15-24(22)38-21-12-6-5-7-13-21/h5-16,18-19,23,25,30H,17H2,1-4H3,(H,32,36)(H,33,35). The van der Waals surface area contributed by atoms with E-state index >= 15 is 0 Å². The van der Waals surface area contributed by atoms with Crippen LogP contribution in [0.15, 0.2) is 72.9 Å². The number of amides is 3. The summed E-state index contributed by atoms with van der Waals surface area (Å²) >= 11 is 0. The first kappa shape index (κ1) is 26.8. The van der Waals surface area contributed by atoms with Gasteiger partial charge in [-0.05, 0) is 55.8 Å². The van der Waals surface area contributed by atoms with Crippen LogP contribution in [0.3, 0.4) is 0 Å². The SMILES string of the molecule is CNC(C)C(=O)NC(C(=O)N1c2ncccc2CC1C(=O)Nc1ccccc1Oc1ccccc1)C(C)C. The van der Waals surface area contributed by atoms with Crippen molar-refractivity contribution in [3.05, 3.63) is 78.5 Å². The number of fused-ring (bicyclic) bond motifs is 1. The van der Waals surface area contributed by atoms with Crippen LogP contribution in [-0.2, 0) is 20.8 Å². The number of anilines is 2. The predicted octanol–water partition coefficient (Wildman–Crippen LogP) is 3.52. The molecule has 9 heteroatoms. The zero-order valence-corrected chi connectivity index (χ0v) is 22.0. The first-order chi connectivity index (χ1) is 18.3. The zero-order valence-electron chi connectivity index (χ0n) is 22.0. The van der Waals surface area contributed by atoms with Gasteiger partial charge in [-0.1, -0.05) is 50.2 Å². The molecule has 198 valence electrons. The molecule has 0 saturated heterocycles.